The van der Waals surface area contributed by atoms with E-state index in [1.807, 2.05) is 12.1 Å². The molecule has 2 saturated carbocycles. The summed E-state index contributed by atoms with van der Waals surface area (Å²) in [4.78, 5) is 12.5. The first-order valence-corrected chi connectivity index (χ1v) is 12.1. The molecule has 2 aromatic heterocycles. The van der Waals surface area contributed by atoms with Crippen molar-refractivity contribution in [2.75, 3.05) is 11.1 Å². The lowest BCUT2D eigenvalue weighted by Crippen LogP contribution is -2.23. The van der Waals surface area contributed by atoms with Gasteiger partial charge in [-0.25, -0.2) is 0 Å². The molecule has 162 valence electrons. The second kappa shape index (κ2) is 8.71. The van der Waals surface area contributed by atoms with Crippen molar-refractivity contribution in [3.05, 3.63) is 47.7 Å². The molecule has 8 heteroatoms. The summed E-state index contributed by atoms with van der Waals surface area (Å²) >= 11 is 7.33. The molecule has 2 fully saturated rings. The number of fused-ring (bicyclic) bond motifs is 2. The van der Waals surface area contributed by atoms with E-state index in [4.69, 9.17) is 16.0 Å². The predicted molar refractivity (Wildman–Crippen MR) is 122 cm³/mol. The van der Waals surface area contributed by atoms with Crippen LogP contribution in [0.5, 0.6) is 0 Å². The largest absolute Gasteiger partial charge is 0.461 e. The molecule has 0 radical (unpaired) electrons. The Morgan fingerprint density at radius 2 is 2.10 bits per heavy atom. The van der Waals surface area contributed by atoms with Crippen molar-refractivity contribution in [3.63, 3.8) is 0 Å². The average molecular weight is 457 g/mol. The molecule has 3 aromatic rings. The number of furan rings is 1. The van der Waals surface area contributed by atoms with E-state index < -0.39 is 0 Å². The van der Waals surface area contributed by atoms with Crippen LogP contribution in [-0.2, 0) is 4.79 Å². The molecule has 5 rings (SSSR count). The molecule has 4 atom stereocenters. The van der Waals surface area contributed by atoms with Crippen LogP contribution in [0.25, 0.3) is 11.6 Å². The molecule has 2 bridgehead atoms. The molecular formula is C23H25ClN4O2S. The van der Waals surface area contributed by atoms with Gasteiger partial charge in [-0.3, -0.25) is 9.36 Å². The fourth-order valence-corrected chi connectivity index (χ4v) is 6.20. The van der Waals surface area contributed by atoms with E-state index in [1.165, 1.54) is 37.4 Å². The third kappa shape index (κ3) is 4.26. The number of nitrogens with zero attached hydrogens (tertiary/aromatic N) is 3. The van der Waals surface area contributed by atoms with Crippen molar-refractivity contribution < 1.29 is 9.21 Å². The van der Waals surface area contributed by atoms with E-state index in [2.05, 4.69) is 27.0 Å². The van der Waals surface area contributed by atoms with Crippen LogP contribution < -0.4 is 5.32 Å². The van der Waals surface area contributed by atoms with E-state index in [0.717, 1.165) is 28.5 Å². The minimum atomic E-state index is -0.0889. The highest BCUT2D eigenvalue weighted by atomic mass is 35.5. The highest BCUT2D eigenvalue weighted by Crippen LogP contribution is 2.52. The second-order valence-electron chi connectivity index (χ2n) is 8.58. The molecule has 1 N–H and O–H groups in total. The van der Waals surface area contributed by atoms with Crippen molar-refractivity contribution in [1.29, 1.82) is 0 Å². The van der Waals surface area contributed by atoms with Gasteiger partial charge in [0.1, 0.15) is 0 Å². The molecule has 2 heterocycles. The molecule has 0 spiro atoms. The van der Waals surface area contributed by atoms with E-state index in [-0.39, 0.29) is 17.7 Å². The van der Waals surface area contributed by atoms with Gasteiger partial charge in [-0.1, -0.05) is 29.8 Å². The van der Waals surface area contributed by atoms with Gasteiger partial charge in [0.2, 0.25) is 11.7 Å². The minimum Gasteiger partial charge on any atom is -0.461 e. The number of thioether (sulfide) groups is 1. The topological polar surface area (TPSA) is 73.0 Å². The molecule has 2 aliphatic rings. The monoisotopic (exact) mass is 456 g/mol. The summed E-state index contributed by atoms with van der Waals surface area (Å²) in [5, 5.41) is 13.2. The van der Waals surface area contributed by atoms with Gasteiger partial charge >= 0.3 is 0 Å². The molecule has 31 heavy (non-hydrogen) atoms. The zero-order valence-corrected chi connectivity index (χ0v) is 18.9. The third-order valence-corrected chi connectivity index (χ3v) is 7.88. The zero-order chi connectivity index (χ0) is 21.4. The van der Waals surface area contributed by atoms with E-state index in [1.54, 1.807) is 30.5 Å². The van der Waals surface area contributed by atoms with Gasteiger partial charge in [0.25, 0.3) is 0 Å². The van der Waals surface area contributed by atoms with Crippen LogP contribution in [-0.4, -0.2) is 26.4 Å². The number of hydrogen-bond acceptors (Lipinski definition) is 5. The quantitative estimate of drug-likeness (QED) is 0.447. The highest BCUT2D eigenvalue weighted by Gasteiger charge is 2.43. The Kier molecular flexibility index (Phi) is 5.80. The third-order valence-electron chi connectivity index (χ3n) is 6.69. The standard InChI is InChI=1S/C23H25ClN4O2S/c1-14(19-12-15-4-5-16(19)11-15)28-22(20-3-2-10-30-20)26-27-23(28)31-13-21(29)25-18-8-6-17(24)7-9-18/h2-3,6-10,14-16,19H,4-5,11-13H2,1H3,(H,25,29)/t14-,15-,16-,19-/m0/s1. The Morgan fingerprint density at radius 1 is 1.26 bits per heavy atom. The molecule has 0 unspecified atom stereocenters. The average Bonchev–Trinajstić information content (AvgIpc) is 3.57. The summed E-state index contributed by atoms with van der Waals surface area (Å²) in [5.41, 5.74) is 0.725. The fourth-order valence-electron chi connectivity index (χ4n) is 5.25. The smallest absolute Gasteiger partial charge is 0.234 e. The lowest BCUT2D eigenvalue weighted by atomic mass is 9.84. The van der Waals surface area contributed by atoms with Crippen LogP contribution >= 0.6 is 23.4 Å². The van der Waals surface area contributed by atoms with Gasteiger partial charge in [0, 0.05) is 16.8 Å². The summed E-state index contributed by atoms with van der Waals surface area (Å²) in [6.07, 6.45) is 6.96. The lowest BCUT2D eigenvalue weighted by molar-refractivity contribution is -0.113. The van der Waals surface area contributed by atoms with Gasteiger partial charge in [-0.2, -0.15) is 0 Å². The van der Waals surface area contributed by atoms with Crippen molar-refractivity contribution in [2.45, 2.75) is 43.8 Å². The van der Waals surface area contributed by atoms with Gasteiger partial charge in [-0.15, -0.1) is 10.2 Å². The molecule has 0 aliphatic heterocycles. The molecular weight excluding hydrogens is 432 g/mol. The SMILES string of the molecule is C[C@@H]([C@@H]1C[C@H]2CC[C@H]1C2)n1c(SCC(=O)Nc2ccc(Cl)cc2)nnc1-c1ccco1. The van der Waals surface area contributed by atoms with Crippen LogP contribution in [0.15, 0.2) is 52.2 Å². The highest BCUT2D eigenvalue weighted by molar-refractivity contribution is 7.99. The maximum Gasteiger partial charge on any atom is 0.234 e. The van der Waals surface area contributed by atoms with Crippen LogP contribution in [0, 0.1) is 17.8 Å². The van der Waals surface area contributed by atoms with Crippen molar-refractivity contribution in [1.82, 2.24) is 14.8 Å². The number of amides is 1. The summed E-state index contributed by atoms with van der Waals surface area (Å²) in [5.74, 6) is 3.86. The maximum atomic E-state index is 12.5. The Labute approximate surface area is 190 Å². The Hall–Kier alpha value is -2.25. The summed E-state index contributed by atoms with van der Waals surface area (Å²) in [6.45, 7) is 2.26. The van der Waals surface area contributed by atoms with Gasteiger partial charge < -0.3 is 9.73 Å². The number of halogens is 1. The number of carbonyl (C=O) groups is 1. The summed E-state index contributed by atoms with van der Waals surface area (Å²) < 4.78 is 7.82. The van der Waals surface area contributed by atoms with Crippen molar-refractivity contribution >= 4 is 35.0 Å². The van der Waals surface area contributed by atoms with Crippen molar-refractivity contribution in [3.8, 4) is 11.6 Å². The maximum absolute atomic E-state index is 12.5. The zero-order valence-electron chi connectivity index (χ0n) is 17.3. The van der Waals surface area contributed by atoms with E-state index in [9.17, 15) is 4.79 Å². The van der Waals surface area contributed by atoms with Gasteiger partial charge in [0.05, 0.1) is 12.0 Å². The molecule has 6 nitrogen and oxygen atoms in total. The molecule has 2 aliphatic carbocycles. The number of nitrogens with one attached hydrogen (secondary N) is 1. The summed E-state index contributed by atoms with van der Waals surface area (Å²) in [7, 11) is 0. The van der Waals surface area contributed by atoms with Crippen LogP contribution in [0.4, 0.5) is 5.69 Å². The van der Waals surface area contributed by atoms with Crippen LogP contribution in [0.1, 0.15) is 38.6 Å². The number of aromatic nitrogens is 3. The second-order valence-corrected chi connectivity index (χ2v) is 9.96. The summed E-state index contributed by atoms with van der Waals surface area (Å²) in [6, 6.07) is 11.1. The van der Waals surface area contributed by atoms with Crippen LogP contribution in [0.3, 0.4) is 0 Å². The number of carbonyl (C=O) groups excluding carboxylic acids is 1. The number of rotatable bonds is 7. The number of anilines is 1. The lowest BCUT2D eigenvalue weighted by Gasteiger charge is -2.30. The number of hydrogen-bond donors (Lipinski definition) is 1. The first-order chi connectivity index (χ1) is 15.1. The molecule has 0 saturated heterocycles. The fraction of sp³-hybridized carbons (Fsp3) is 0.435. The number of benzene rings is 1. The van der Waals surface area contributed by atoms with E-state index >= 15 is 0 Å². The molecule has 1 aromatic carbocycles. The first kappa shape index (κ1) is 20.6. The Bertz CT molecular complexity index is 1050. The minimum absolute atomic E-state index is 0.0889. The Morgan fingerprint density at radius 3 is 2.77 bits per heavy atom. The van der Waals surface area contributed by atoms with Crippen molar-refractivity contribution in [2.24, 2.45) is 17.8 Å². The van der Waals surface area contributed by atoms with E-state index in [0.29, 0.717) is 16.7 Å². The van der Waals surface area contributed by atoms with Gasteiger partial charge in [0.15, 0.2) is 10.9 Å². The Balaban J connectivity index is 1.34. The first-order valence-electron chi connectivity index (χ1n) is 10.8. The van der Waals surface area contributed by atoms with Gasteiger partial charge in [-0.05, 0) is 80.3 Å². The normalized spacial score (nSPS) is 23.2. The predicted octanol–water partition coefficient (Wildman–Crippen LogP) is 5.92. The van der Waals surface area contributed by atoms with Crippen LogP contribution in [0.2, 0.25) is 5.02 Å². The molecule has 1 amide bonds.